The van der Waals surface area contributed by atoms with Crippen LogP contribution in [-0.2, 0) is 0 Å². The lowest BCUT2D eigenvalue weighted by atomic mass is 10.0. The Labute approximate surface area is 128 Å². The van der Waals surface area contributed by atoms with Gasteiger partial charge in [0.05, 0.1) is 5.69 Å². The number of piperidine rings is 1. The van der Waals surface area contributed by atoms with Gasteiger partial charge in [0.15, 0.2) is 0 Å². The molecule has 116 valence electrons. The number of H-pyrrole nitrogens is 1. The largest absolute Gasteiger partial charge is 0.367 e. The van der Waals surface area contributed by atoms with E-state index >= 15 is 0 Å². The van der Waals surface area contributed by atoms with Crippen LogP contribution in [-0.4, -0.2) is 39.3 Å². The number of nitrogens with one attached hydrogen (secondary N) is 2. The van der Waals surface area contributed by atoms with E-state index in [-0.39, 0.29) is 5.56 Å². The summed E-state index contributed by atoms with van der Waals surface area (Å²) in [5, 5.41) is 10.0. The van der Waals surface area contributed by atoms with E-state index < -0.39 is 0 Å². The standard InChI is InChI=1S/C15H20N6O/c1-11-15(17-8-7-16-11)18-10-12-4-2-3-9-21(12)13-5-6-14(22)20-19-13/h5-8,12H,2-4,9-10H2,1H3,(H,17,18)(H,20,22). The second-order valence-electron chi connectivity index (χ2n) is 5.49. The van der Waals surface area contributed by atoms with Gasteiger partial charge in [-0.2, -0.15) is 5.10 Å². The van der Waals surface area contributed by atoms with Crippen LogP contribution in [0.2, 0.25) is 0 Å². The van der Waals surface area contributed by atoms with Crippen LogP contribution in [0.3, 0.4) is 0 Å². The van der Waals surface area contributed by atoms with Crippen LogP contribution >= 0.6 is 0 Å². The van der Waals surface area contributed by atoms with Crippen molar-refractivity contribution < 1.29 is 0 Å². The highest BCUT2D eigenvalue weighted by Gasteiger charge is 2.23. The summed E-state index contributed by atoms with van der Waals surface area (Å²) < 4.78 is 0. The molecule has 2 aromatic rings. The first kappa shape index (κ1) is 14.5. The van der Waals surface area contributed by atoms with Gasteiger partial charge in [0.25, 0.3) is 5.56 Å². The lowest BCUT2D eigenvalue weighted by Gasteiger charge is -2.36. The minimum atomic E-state index is -0.175. The minimum Gasteiger partial charge on any atom is -0.367 e. The molecule has 2 N–H and O–H groups in total. The molecule has 0 aliphatic carbocycles. The van der Waals surface area contributed by atoms with Gasteiger partial charge in [0.2, 0.25) is 0 Å². The molecular weight excluding hydrogens is 280 g/mol. The quantitative estimate of drug-likeness (QED) is 0.886. The molecule has 7 nitrogen and oxygen atoms in total. The number of anilines is 2. The zero-order chi connectivity index (χ0) is 15.4. The van der Waals surface area contributed by atoms with E-state index in [1.807, 2.05) is 6.92 Å². The third-order valence-corrected chi connectivity index (χ3v) is 3.97. The van der Waals surface area contributed by atoms with Gasteiger partial charge in [-0.05, 0) is 32.3 Å². The summed E-state index contributed by atoms with van der Waals surface area (Å²) in [5.74, 6) is 1.64. The summed E-state index contributed by atoms with van der Waals surface area (Å²) in [6, 6.07) is 3.63. The van der Waals surface area contributed by atoms with Crippen molar-refractivity contribution in [3.8, 4) is 0 Å². The van der Waals surface area contributed by atoms with Gasteiger partial charge < -0.3 is 10.2 Å². The Morgan fingerprint density at radius 1 is 1.32 bits per heavy atom. The maximum atomic E-state index is 11.2. The molecule has 1 fully saturated rings. The monoisotopic (exact) mass is 300 g/mol. The maximum Gasteiger partial charge on any atom is 0.264 e. The van der Waals surface area contributed by atoms with Crippen LogP contribution in [0.4, 0.5) is 11.6 Å². The van der Waals surface area contributed by atoms with Crippen LogP contribution in [0.1, 0.15) is 25.0 Å². The first-order valence-corrected chi connectivity index (χ1v) is 7.58. The molecule has 1 atom stereocenters. The molecule has 3 rings (SSSR count). The topological polar surface area (TPSA) is 86.8 Å². The lowest BCUT2D eigenvalue weighted by Crippen LogP contribution is -2.44. The van der Waals surface area contributed by atoms with E-state index in [0.29, 0.717) is 6.04 Å². The van der Waals surface area contributed by atoms with Crippen molar-refractivity contribution in [3.63, 3.8) is 0 Å². The molecule has 1 aliphatic heterocycles. The van der Waals surface area contributed by atoms with E-state index in [1.165, 1.54) is 12.5 Å². The first-order chi connectivity index (χ1) is 10.7. The van der Waals surface area contributed by atoms with Crippen molar-refractivity contribution in [1.82, 2.24) is 20.2 Å². The fourth-order valence-corrected chi connectivity index (χ4v) is 2.81. The Balaban J connectivity index is 1.71. The van der Waals surface area contributed by atoms with Gasteiger partial charge in [-0.3, -0.25) is 9.78 Å². The summed E-state index contributed by atoms with van der Waals surface area (Å²) in [7, 11) is 0. The summed E-state index contributed by atoms with van der Waals surface area (Å²) in [6.45, 7) is 3.67. The summed E-state index contributed by atoms with van der Waals surface area (Å²) >= 11 is 0. The van der Waals surface area contributed by atoms with E-state index in [2.05, 4.69) is 30.4 Å². The lowest BCUT2D eigenvalue weighted by molar-refractivity contribution is 0.467. The molecule has 0 bridgehead atoms. The number of aromatic amines is 1. The smallest absolute Gasteiger partial charge is 0.264 e. The molecule has 0 radical (unpaired) electrons. The Morgan fingerprint density at radius 3 is 2.95 bits per heavy atom. The molecule has 0 amide bonds. The maximum absolute atomic E-state index is 11.2. The highest BCUT2D eigenvalue weighted by Crippen LogP contribution is 2.22. The first-order valence-electron chi connectivity index (χ1n) is 7.58. The number of aryl methyl sites for hydroxylation is 1. The number of hydrogen-bond acceptors (Lipinski definition) is 6. The van der Waals surface area contributed by atoms with Crippen molar-refractivity contribution in [3.05, 3.63) is 40.6 Å². The van der Waals surface area contributed by atoms with Crippen molar-refractivity contribution in [2.75, 3.05) is 23.3 Å². The zero-order valence-electron chi connectivity index (χ0n) is 12.6. The minimum absolute atomic E-state index is 0.175. The number of aromatic nitrogens is 4. The average Bonchev–Trinajstić information content (AvgIpc) is 2.55. The SMILES string of the molecule is Cc1nccnc1NCC1CCCCN1c1ccc(=O)[nH]n1. The van der Waals surface area contributed by atoms with Crippen LogP contribution in [0, 0.1) is 6.92 Å². The third kappa shape index (κ3) is 3.24. The van der Waals surface area contributed by atoms with E-state index in [1.54, 1.807) is 18.5 Å². The fourth-order valence-electron chi connectivity index (χ4n) is 2.81. The Morgan fingerprint density at radius 2 is 2.18 bits per heavy atom. The van der Waals surface area contributed by atoms with Crippen LogP contribution < -0.4 is 15.8 Å². The predicted molar refractivity (Wildman–Crippen MR) is 85.1 cm³/mol. The second kappa shape index (κ2) is 6.55. The van der Waals surface area contributed by atoms with Crippen LogP contribution in [0.25, 0.3) is 0 Å². The molecule has 3 heterocycles. The van der Waals surface area contributed by atoms with E-state index in [0.717, 1.165) is 43.3 Å². The van der Waals surface area contributed by atoms with Crippen molar-refractivity contribution in [2.45, 2.75) is 32.2 Å². The van der Waals surface area contributed by atoms with Gasteiger partial charge in [0, 0.05) is 37.6 Å². The summed E-state index contributed by atoms with van der Waals surface area (Å²) in [4.78, 5) is 22.0. The highest BCUT2D eigenvalue weighted by molar-refractivity contribution is 5.42. The molecule has 0 aromatic carbocycles. The molecular formula is C15H20N6O. The zero-order valence-corrected chi connectivity index (χ0v) is 12.6. The third-order valence-electron chi connectivity index (χ3n) is 3.97. The summed E-state index contributed by atoms with van der Waals surface area (Å²) in [5.41, 5.74) is 0.720. The molecule has 1 unspecified atom stereocenters. The van der Waals surface area contributed by atoms with Crippen molar-refractivity contribution in [1.29, 1.82) is 0 Å². The number of rotatable bonds is 4. The molecule has 0 spiro atoms. The van der Waals surface area contributed by atoms with Gasteiger partial charge in [-0.1, -0.05) is 0 Å². The van der Waals surface area contributed by atoms with Crippen molar-refractivity contribution >= 4 is 11.6 Å². The van der Waals surface area contributed by atoms with Crippen molar-refractivity contribution in [2.24, 2.45) is 0 Å². The Hall–Kier alpha value is -2.44. The predicted octanol–water partition coefficient (Wildman–Crippen LogP) is 1.34. The molecule has 1 aliphatic rings. The number of nitrogens with zero attached hydrogens (tertiary/aromatic N) is 4. The highest BCUT2D eigenvalue weighted by atomic mass is 16.1. The van der Waals surface area contributed by atoms with E-state index in [9.17, 15) is 4.79 Å². The average molecular weight is 300 g/mol. The second-order valence-corrected chi connectivity index (χ2v) is 5.49. The Bertz CT molecular complexity index is 665. The van der Waals surface area contributed by atoms with Gasteiger partial charge in [-0.15, -0.1) is 0 Å². The van der Waals surface area contributed by atoms with E-state index in [4.69, 9.17) is 0 Å². The molecule has 7 heteroatoms. The van der Waals surface area contributed by atoms with Crippen LogP contribution in [0.15, 0.2) is 29.3 Å². The molecule has 1 saturated heterocycles. The normalized spacial score (nSPS) is 18.2. The van der Waals surface area contributed by atoms with Gasteiger partial charge in [-0.25, -0.2) is 10.1 Å². The van der Waals surface area contributed by atoms with Crippen LogP contribution in [0.5, 0.6) is 0 Å². The molecule has 0 saturated carbocycles. The van der Waals surface area contributed by atoms with Gasteiger partial charge >= 0.3 is 0 Å². The Kier molecular flexibility index (Phi) is 4.32. The molecule has 2 aromatic heterocycles. The summed E-state index contributed by atoms with van der Waals surface area (Å²) in [6.07, 6.45) is 6.81. The van der Waals surface area contributed by atoms with Gasteiger partial charge in [0.1, 0.15) is 11.6 Å². The fraction of sp³-hybridized carbons (Fsp3) is 0.467. The number of hydrogen-bond donors (Lipinski definition) is 2. The molecule has 22 heavy (non-hydrogen) atoms.